The van der Waals surface area contributed by atoms with Crippen LogP contribution in [0.2, 0.25) is 5.02 Å². The topological polar surface area (TPSA) is 46.6 Å². The number of carbonyl (C=O) groups is 2. The lowest BCUT2D eigenvalue weighted by molar-refractivity contribution is -0.123. The van der Waals surface area contributed by atoms with Crippen LogP contribution in [0.1, 0.15) is 16.7 Å². The molecule has 1 fully saturated rings. The van der Waals surface area contributed by atoms with Gasteiger partial charge in [-0.25, -0.2) is 0 Å². The highest BCUT2D eigenvalue weighted by molar-refractivity contribution is 14.1. The van der Waals surface area contributed by atoms with E-state index in [-0.39, 0.29) is 17.7 Å². The lowest BCUT2D eigenvalue weighted by Crippen LogP contribution is -2.27. The van der Waals surface area contributed by atoms with Crippen molar-refractivity contribution >= 4 is 85.8 Å². The van der Waals surface area contributed by atoms with Crippen molar-refractivity contribution in [1.82, 2.24) is 4.90 Å². The Labute approximate surface area is 222 Å². The molecule has 0 aromatic heterocycles. The largest absolute Gasteiger partial charge is 0.487 e. The number of nitrogens with zero attached hydrogens (tertiary/aromatic N) is 1. The summed E-state index contributed by atoms with van der Waals surface area (Å²) in [5, 5.41) is 0.322. The molecule has 4 nitrogen and oxygen atoms in total. The van der Waals surface area contributed by atoms with E-state index in [9.17, 15) is 9.59 Å². The Kier molecular flexibility index (Phi) is 7.80. The van der Waals surface area contributed by atoms with Crippen molar-refractivity contribution in [2.45, 2.75) is 13.2 Å². The summed E-state index contributed by atoms with van der Waals surface area (Å²) >= 11 is 11.3. The fourth-order valence-electron chi connectivity index (χ4n) is 3.12. The molecule has 0 radical (unpaired) electrons. The van der Waals surface area contributed by atoms with Gasteiger partial charge < -0.3 is 4.74 Å². The summed E-state index contributed by atoms with van der Waals surface area (Å²) in [6.45, 7) is 0.622. The molecule has 1 aliphatic rings. The Bertz CT molecular complexity index is 1200. The number of hydrogen-bond acceptors (Lipinski definition) is 4. The summed E-state index contributed by atoms with van der Waals surface area (Å²) in [6.07, 6.45) is 1.75. The van der Waals surface area contributed by atoms with Gasteiger partial charge in [-0.1, -0.05) is 54.1 Å². The first-order chi connectivity index (χ1) is 15.4. The molecule has 0 bridgehead atoms. The maximum Gasteiger partial charge on any atom is 0.293 e. The summed E-state index contributed by atoms with van der Waals surface area (Å²) in [5.41, 5.74) is 2.67. The molecular weight excluding hydrogens is 672 g/mol. The predicted molar refractivity (Wildman–Crippen MR) is 146 cm³/mol. The first-order valence-corrected chi connectivity index (χ1v) is 12.9. The van der Waals surface area contributed by atoms with Crippen LogP contribution in [-0.4, -0.2) is 16.0 Å². The molecule has 1 aliphatic heterocycles. The molecule has 1 saturated heterocycles. The molecule has 0 saturated carbocycles. The van der Waals surface area contributed by atoms with E-state index in [1.807, 2.05) is 54.6 Å². The summed E-state index contributed by atoms with van der Waals surface area (Å²) in [6, 6.07) is 21.0. The zero-order chi connectivity index (χ0) is 22.7. The van der Waals surface area contributed by atoms with Gasteiger partial charge in [0.05, 0.1) is 15.0 Å². The van der Waals surface area contributed by atoms with Crippen molar-refractivity contribution in [2.24, 2.45) is 0 Å². The minimum atomic E-state index is -0.308. The van der Waals surface area contributed by atoms with Crippen LogP contribution in [0, 0.1) is 7.14 Å². The standard InChI is InChI=1S/C24H16ClI2NO3S/c25-18-8-6-15(7-9-18)13-28-23(29)21(32-24(28)30)11-17-10-19(26)12-20(27)22(17)31-14-16-4-2-1-3-5-16/h1-12H,13-14H2/b21-11-. The van der Waals surface area contributed by atoms with Gasteiger partial charge in [-0.05, 0) is 98.4 Å². The van der Waals surface area contributed by atoms with E-state index in [1.54, 1.807) is 18.2 Å². The van der Waals surface area contributed by atoms with Crippen LogP contribution in [0.5, 0.6) is 5.75 Å². The van der Waals surface area contributed by atoms with E-state index in [4.69, 9.17) is 16.3 Å². The molecular formula is C24H16ClI2NO3S. The molecule has 0 N–H and O–H groups in total. The smallest absolute Gasteiger partial charge is 0.293 e. The second-order valence-electron chi connectivity index (χ2n) is 6.97. The lowest BCUT2D eigenvalue weighted by atomic mass is 10.1. The average molecular weight is 688 g/mol. The number of benzene rings is 3. The zero-order valence-corrected chi connectivity index (χ0v) is 22.4. The van der Waals surface area contributed by atoms with Crippen LogP contribution >= 0.6 is 68.5 Å². The molecule has 32 heavy (non-hydrogen) atoms. The third-order valence-corrected chi connectivity index (χ3v) is 7.26. The normalized spacial score (nSPS) is 15.0. The van der Waals surface area contributed by atoms with Crippen molar-refractivity contribution in [3.8, 4) is 5.75 Å². The van der Waals surface area contributed by atoms with Crippen LogP contribution in [0.4, 0.5) is 4.79 Å². The highest BCUT2D eigenvalue weighted by Crippen LogP contribution is 2.37. The van der Waals surface area contributed by atoms with Gasteiger partial charge in [-0.15, -0.1) is 0 Å². The molecule has 8 heteroatoms. The summed E-state index contributed by atoms with van der Waals surface area (Å²) in [5.74, 6) is 0.386. The van der Waals surface area contributed by atoms with Crippen molar-refractivity contribution in [3.63, 3.8) is 0 Å². The summed E-state index contributed by atoms with van der Waals surface area (Å²) in [7, 11) is 0. The molecule has 0 spiro atoms. The maximum absolute atomic E-state index is 13.0. The Morgan fingerprint density at radius 2 is 1.69 bits per heavy atom. The molecule has 0 aliphatic carbocycles. The molecule has 2 amide bonds. The van der Waals surface area contributed by atoms with E-state index in [0.29, 0.717) is 22.3 Å². The average Bonchev–Trinajstić information content (AvgIpc) is 3.02. The number of amides is 2. The molecule has 3 aromatic carbocycles. The van der Waals surface area contributed by atoms with Gasteiger partial charge in [-0.3, -0.25) is 14.5 Å². The third kappa shape index (κ3) is 5.67. The summed E-state index contributed by atoms with van der Waals surface area (Å²) in [4.78, 5) is 27.2. The van der Waals surface area contributed by atoms with E-state index in [0.717, 1.165) is 35.6 Å². The predicted octanol–water partition coefficient (Wildman–Crippen LogP) is 7.36. The second-order valence-corrected chi connectivity index (χ2v) is 10.8. The van der Waals surface area contributed by atoms with Gasteiger partial charge in [0.15, 0.2) is 0 Å². The molecule has 162 valence electrons. The van der Waals surface area contributed by atoms with Crippen LogP contribution in [0.25, 0.3) is 6.08 Å². The molecule has 3 aromatic rings. The van der Waals surface area contributed by atoms with Gasteiger partial charge in [-0.2, -0.15) is 0 Å². The SMILES string of the molecule is O=C1S/C(=C\c2cc(I)cc(I)c2OCc2ccccc2)C(=O)N1Cc1ccc(Cl)cc1. The van der Waals surface area contributed by atoms with Crippen LogP contribution < -0.4 is 4.74 Å². The van der Waals surface area contributed by atoms with E-state index in [2.05, 4.69) is 45.2 Å². The van der Waals surface area contributed by atoms with Crippen molar-refractivity contribution in [2.75, 3.05) is 0 Å². The highest BCUT2D eigenvalue weighted by Gasteiger charge is 2.35. The first kappa shape index (κ1) is 23.6. The Morgan fingerprint density at radius 1 is 0.969 bits per heavy atom. The van der Waals surface area contributed by atoms with Crippen LogP contribution in [0.3, 0.4) is 0 Å². The van der Waals surface area contributed by atoms with Crippen LogP contribution in [-0.2, 0) is 17.9 Å². The van der Waals surface area contributed by atoms with Crippen molar-refractivity contribution < 1.29 is 14.3 Å². The van der Waals surface area contributed by atoms with E-state index in [1.165, 1.54) is 4.90 Å². The van der Waals surface area contributed by atoms with Gasteiger partial charge >= 0.3 is 0 Å². The summed E-state index contributed by atoms with van der Waals surface area (Å²) < 4.78 is 8.09. The zero-order valence-electron chi connectivity index (χ0n) is 16.6. The number of rotatable bonds is 6. The van der Waals surface area contributed by atoms with E-state index < -0.39 is 0 Å². The number of halogens is 3. The minimum absolute atomic E-state index is 0.209. The number of thioether (sulfide) groups is 1. The van der Waals surface area contributed by atoms with Crippen molar-refractivity contribution in [3.05, 3.63) is 100 Å². The third-order valence-electron chi connectivity index (χ3n) is 4.68. The molecule has 4 rings (SSSR count). The number of carbonyl (C=O) groups excluding carboxylic acids is 2. The fraction of sp³-hybridized carbons (Fsp3) is 0.0833. The van der Waals surface area contributed by atoms with Crippen LogP contribution in [0.15, 0.2) is 71.6 Å². The Morgan fingerprint density at radius 3 is 2.41 bits per heavy atom. The van der Waals surface area contributed by atoms with Gasteiger partial charge in [0.25, 0.3) is 11.1 Å². The Balaban J connectivity index is 1.59. The maximum atomic E-state index is 13.0. The fourth-order valence-corrected chi connectivity index (χ4v) is 6.12. The number of ether oxygens (including phenoxy) is 1. The second kappa shape index (κ2) is 10.6. The lowest BCUT2D eigenvalue weighted by Gasteiger charge is -2.13. The number of hydrogen-bond donors (Lipinski definition) is 0. The highest BCUT2D eigenvalue weighted by atomic mass is 127. The van der Waals surface area contributed by atoms with Gasteiger partial charge in [0.1, 0.15) is 12.4 Å². The van der Waals surface area contributed by atoms with Crippen molar-refractivity contribution in [1.29, 1.82) is 0 Å². The van der Waals surface area contributed by atoms with Gasteiger partial charge in [0, 0.05) is 14.2 Å². The first-order valence-electron chi connectivity index (χ1n) is 9.56. The number of imide groups is 1. The van der Waals surface area contributed by atoms with Gasteiger partial charge in [0.2, 0.25) is 0 Å². The quantitative estimate of drug-likeness (QED) is 0.201. The monoisotopic (exact) mass is 687 g/mol. The van der Waals surface area contributed by atoms with E-state index >= 15 is 0 Å². The molecule has 0 unspecified atom stereocenters. The minimum Gasteiger partial charge on any atom is -0.487 e. The Hall–Kier alpha value is -1.56. The molecule has 1 heterocycles. The molecule has 0 atom stereocenters.